The summed E-state index contributed by atoms with van der Waals surface area (Å²) in [6.07, 6.45) is 12.9. The van der Waals surface area contributed by atoms with Crippen molar-refractivity contribution in [1.29, 1.82) is 0 Å². The summed E-state index contributed by atoms with van der Waals surface area (Å²) in [7, 11) is 0. The SMILES string of the molecule is C/C1=C/Cc2cccc(O)c2C(=O)OC(C/C=C/N/N=C\C=C/C=O)CC(C)OC(C)/C=C/C1O. The van der Waals surface area contributed by atoms with E-state index in [1.807, 2.05) is 19.9 Å². The number of rotatable bonds is 6. The fourth-order valence-corrected chi connectivity index (χ4v) is 3.53. The highest BCUT2D eigenvalue weighted by Gasteiger charge is 2.23. The summed E-state index contributed by atoms with van der Waals surface area (Å²) in [5, 5.41) is 24.7. The quantitative estimate of drug-likeness (QED) is 0.141. The van der Waals surface area contributed by atoms with Crippen LogP contribution in [-0.4, -0.2) is 53.1 Å². The first kappa shape index (κ1) is 27.8. The molecule has 0 spiro atoms. The van der Waals surface area contributed by atoms with Crippen molar-refractivity contribution in [3.63, 3.8) is 0 Å². The Morgan fingerprint density at radius 3 is 2.80 bits per heavy atom. The highest BCUT2D eigenvalue weighted by molar-refractivity contribution is 5.94. The number of esters is 1. The van der Waals surface area contributed by atoms with Crippen LogP contribution in [0.1, 0.15) is 49.5 Å². The molecule has 1 aromatic carbocycles. The number of cyclic esters (lactones) is 1. The molecule has 0 amide bonds. The number of ether oxygens (including phenoxy) is 2. The minimum absolute atomic E-state index is 0.108. The van der Waals surface area contributed by atoms with Crippen LogP contribution in [-0.2, 0) is 20.7 Å². The maximum absolute atomic E-state index is 13.1. The zero-order valence-electron chi connectivity index (χ0n) is 20.3. The van der Waals surface area contributed by atoms with Gasteiger partial charge in [-0.3, -0.25) is 10.2 Å². The van der Waals surface area contributed by atoms with Gasteiger partial charge in [-0.25, -0.2) is 4.79 Å². The summed E-state index contributed by atoms with van der Waals surface area (Å²) in [6.45, 7) is 5.58. The Morgan fingerprint density at radius 1 is 1.23 bits per heavy atom. The van der Waals surface area contributed by atoms with Crippen molar-refractivity contribution in [3.05, 3.63) is 77.6 Å². The maximum Gasteiger partial charge on any atom is 0.342 e. The number of carbonyl (C=O) groups is 2. The van der Waals surface area contributed by atoms with Gasteiger partial charge in [-0.2, -0.15) is 5.10 Å². The number of aromatic hydroxyl groups is 1. The normalized spacial score (nSPS) is 27.0. The van der Waals surface area contributed by atoms with Crippen LogP contribution in [0.4, 0.5) is 0 Å². The largest absolute Gasteiger partial charge is 0.507 e. The van der Waals surface area contributed by atoms with E-state index in [1.165, 1.54) is 24.4 Å². The number of carbonyl (C=O) groups excluding carboxylic acids is 2. The van der Waals surface area contributed by atoms with E-state index in [-0.39, 0.29) is 23.5 Å². The predicted octanol–water partition coefficient (Wildman–Crippen LogP) is 3.76. The number of hydrazone groups is 1. The van der Waals surface area contributed by atoms with Gasteiger partial charge in [0.1, 0.15) is 23.7 Å². The van der Waals surface area contributed by atoms with Gasteiger partial charge in [-0.05, 0) is 56.5 Å². The van der Waals surface area contributed by atoms with E-state index < -0.39 is 18.2 Å². The van der Waals surface area contributed by atoms with Crippen molar-refractivity contribution >= 4 is 18.5 Å². The molecular formula is C27H34N2O6. The summed E-state index contributed by atoms with van der Waals surface area (Å²) in [5.41, 5.74) is 4.14. The van der Waals surface area contributed by atoms with Gasteiger partial charge in [-0.1, -0.05) is 36.4 Å². The zero-order valence-corrected chi connectivity index (χ0v) is 20.3. The van der Waals surface area contributed by atoms with Crippen LogP contribution in [0.15, 0.2) is 71.5 Å². The number of phenolic OH excluding ortho intramolecular Hbond substituents is 1. The van der Waals surface area contributed by atoms with Crippen molar-refractivity contribution in [2.45, 2.75) is 64.4 Å². The van der Waals surface area contributed by atoms with Gasteiger partial charge < -0.3 is 19.7 Å². The maximum atomic E-state index is 13.1. The number of nitrogens with zero attached hydrogens (tertiary/aromatic N) is 1. The molecule has 2 rings (SSSR count). The van der Waals surface area contributed by atoms with Gasteiger partial charge >= 0.3 is 5.97 Å². The molecule has 188 valence electrons. The lowest BCUT2D eigenvalue weighted by Gasteiger charge is -2.23. The number of aliphatic hydroxyl groups is 1. The second-order valence-electron chi connectivity index (χ2n) is 8.27. The van der Waals surface area contributed by atoms with Crippen LogP contribution in [0.3, 0.4) is 0 Å². The fraction of sp³-hybridized carbons (Fsp3) is 0.370. The lowest BCUT2D eigenvalue weighted by molar-refractivity contribution is -0.104. The smallest absolute Gasteiger partial charge is 0.342 e. The molecule has 3 N–H and O–H groups in total. The molecular weight excluding hydrogens is 448 g/mol. The zero-order chi connectivity index (χ0) is 25.6. The standard InChI is InChI=1S/C27H34N2O6/c1-19-11-13-22-8-6-10-25(32)26(22)27(33)35-23(9-7-16-29-28-15-4-5-17-30)18-21(3)34-20(2)12-14-24(19)31/h4-8,10-12,14-17,20-21,23-24,29,31-32H,9,13,18H2,1-3H3/b5-4-,14-12+,16-7+,19-11-,28-15-. The lowest BCUT2D eigenvalue weighted by atomic mass is 10.0. The monoisotopic (exact) mass is 482 g/mol. The van der Waals surface area contributed by atoms with E-state index in [1.54, 1.807) is 43.5 Å². The molecule has 0 saturated carbocycles. The average molecular weight is 483 g/mol. The van der Waals surface area contributed by atoms with Crippen molar-refractivity contribution < 1.29 is 29.3 Å². The summed E-state index contributed by atoms with van der Waals surface area (Å²) in [4.78, 5) is 23.4. The second kappa shape index (κ2) is 14.7. The highest BCUT2D eigenvalue weighted by Crippen LogP contribution is 2.25. The first-order chi connectivity index (χ1) is 16.8. The Bertz CT molecular complexity index is 995. The first-order valence-electron chi connectivity index (χ1n) is 11.6. The Balaban J connectivity index is 2.27. The molecule has 1 aliphatic rings. The molecule has 1 heterocycles. The molecule has 4 atom stereocenters. The van der Waals surface area contributed by atoms with Gasteiger partial charge in [0.05, 0.1) is 18.3 Å². The fourth-order valence-electron chi connectivity index (χ4n) is 3.53. The lowest BCUT2D eigenvalue weighted by Crippen LogP contribution is -2.26. The summed E-state index contributed by atoms with van der Waals surface area (Å²) in [5.74, 6) is -0.781. The second-order valence-corrected chi connectivity index (χ2v) is 8.27. The third-order valence-electron chi connectivity index (χ3n) is 5.34. The van der Waals surface area contributed by atoms with E-state index in [4.69, 9.17) is 9.47 Å². The number of aldehydes is 1. The molecule has 0 radical (unpaired) electrons. The molecule has 4 unspecified atom stereocenters. The Labute approximate surface area is 206 Å². The van der Waals surface area contributed by atoms with Crippen molar-refractivity contribution in [1.82, 2.24) is 5.43 Å². The van der Waals surface area contributed by atoms with Crippen molar-refractivity contribution in [3.8, 4) is 5.75 Å². The van der Waals surface area contributed by atoms with Crippen LogP contribution in [0.25, 0.3) is 0 Å². The number of hydrogen-bond donors (Lipinski definition) is 3. The number of allylic oxidation sites excluding steroid dienone is 3. The van der Waals surface area contributed by atoms with E-state index in [2.05, 4.69) is 10.5 Å². The molecule has 0 aliphatic carbocycles. The molecule has 35 heavy (non-hydrogen) atoms. The number of fused-ring (bicyclic) bond motifs is 1. The van der Waals surface area contributed by atoms with Crippen LogP contribution in [0.2, 0.25) is 0 Å². The number of benzene rings is 1. The first-order valence-corrected chi connectivity index (χ1v) is 11.6. The van der Waals surface area contributed by atoms with E-state index in [0.717, 1.165) is 5.57 Å². The van der Waals surface area contributed by atoms with Crippen molar-refractivity contribution in [2.75, 3.05) is 0 Å². The molecule has 0 fully saturated rings. The minimum atomic E-state index is -0.781. The van der Waals surface area contributed by atoms with Crippen LogP contribution in [0.5, 0.6) is 5.75 Å². The Kier molecular flexibility index (Phi) is 11.7. The van der Waals surface area contributed by atoms with Gasteiger partial charge in [0.25, 0.3) is 0 Å². The topological polar surface area (TPSA) is 117 Å². The van der Waals surface area contributed by atoms with E-state index in [9.17, 15) is 19.8 Å². The van der Waals surface area contributed by atoms with Crippen LogP contribution >= 0.6 is 0 Å². The van der Waals surface area contributed by atoms with Crippen LogP contribution < -0.4 is 5.43 Å². The van der Waals surface area contributed by atoms with Gasteiger partial charge in [0, 0.05) is 25.3 Å². The molecule has 8 heteroatoms. The molecule has 1 aliphatic heterocycles. The predicted molar refractivity (Wildman–Crippen MR) is 135 cm³/mol. The molecule has 0 saturated heterocycles. The van der Waals surface area contributed by atoms with E-state index in [0.29, 0.717) is 31.1 Å². The summed E-state index contributed by atoms with van der Waals surface area (Å²) < 4.78 is 11.8. The Morgan fingerprint density at radius 2 is 2.03 bits per heavy atom. The number of aliphatic hydroxyl groups excluding tert-OH is 1. The molecule has 8 nitrogen and oxygen atoms in total. The minimum Gasteiger partial charge on any atom is -0.507 e. The molecule has 1 aromatic rings. The Hall–Kier alpha value is -3.49. The van der Waals surface area contributed by atoms with E-state index >= 15 is 0 Å². The van der Waals surface area contributed by atoms with Crippen LogP contribution in [0, 0.1) is 0 Å². The summed E-state index contributed by atoms with van der Waals surface area (Å²) in [6, 6.07) is 4.87. The number of hydrogen-bond acceptors (Lipinski definition) is 8. The number of phenols is 1. The van der Waals surface area contributed by atoms with Gasteiger partial charge in [0.2, 0.25) is 0 Å². The number of nitrogens with one attached hydrogen (secondary N) is 1. The van der Waals surface area contributed by atoms with Gasteiger partial charge in [0.15, 0.2) is 0 Å². The average Bonchev–Trinajstić information content (AvgIpc) is 2.81. The molecule has 0 bridgehead atoms. The third-order valence-corrected chi connectivity index (χ3v) is 5.34. The third kappa shape index (κ3) is 9.72. The van der Waals surface area contributed by atoms with Gasteiger partial charge in [-0.15, -0.1) is 0 Å². The summed E-state index contributed by atoms with van der Waals surface area (Å²) >= 11 is 0. The van der Waals surface area contributed by atoms with Crippen molar-refractivity contribution in [2.24, 2.45) is 5.10 Å². The molecule has 0 aromatic heterocycles. The highest BCUT2D eigenvalue weighted by atomic mass is 16.5.